The molecule has 1 N–H and O–H groups in total. The van der Waals surface area contributed by atoms with E-state index in [1.807, 2.05) is 6.92 Å². The van der Waals surface area contributed by atoms with Crippen molar-refractivity contribution < 1.29 is 8.78 Å². The van der Waals surface area contributed by atoms with Crippen LogP contribution in [-0.2, 0) is 0 Å². The second kappa shape index (κ2) is 5.67. The number of rotatable bonds is 4. The molecule has 21 heavy (non-hydrogen) atoms. The Bertz CT molecular complexity index is 667. The molecule has 0 spiro atoms. The number of benzene rings is 1. The molecule has 1 aromatic carbocycles. The maximum atomic E-state index is 13.4. The number of aromatic nitrogens is 2. The van der Waals surface area contributed by atoms with Gasteiger partial charge in [0.05, 0.1) is 10.2 Å². The van der Waals surface area contributed by atoms with Gasteiger partial charge in [-0.1, -0.05) is 0 Å². The number of hydrogen-bond donors (Lipinski definition) is 1. The number of anilines is 1. The Labute approximate surface area is 129 Å². The van der Waals surface area contributed by atoms with Gasteiger partial charge in [-0.2, -0.15) is 0 Å². The quantitative estimate of drug-likeness (QED) is 0.879. The van der Waals surface area contributed by atoms with Crippen LogP contribution in [0.2, 0.25) is 0 Å². The third-order valence-electron chi connectivity index (χ3n) is 3.31. The van der Waals surface area contributed by atoms with E-state index in [0.29, 0.717) is 29.7 Å². The van der Waals surface area contributed by atoms with Crippen LogP contribution in [-0.4, -0.2) is 16.5 Å². The molecule has 110 valence electrons. The van der Waals surface area contributed by atoms with Crippen molar-refractivity contribution in [3.8, 4) is 11.4 Å². The molecule has 0 bridgehead atoms. The highest BCUT2D eigenvalue weighted by molar-refractivity contribution is 9.10. The predicted molar refractivity (Wildman–Crippen MR) is 81.2 cm³/mol. The lowest BCUT2D eigenvalue weighted by atomic mass is 10.2. The highest BCUT2D eigenvalue weighted by Crippen LogP contribution is 2.44. The van der Waals surface area contributed by atoms with Gasteiger partial charge in [-0.15, -0.1) is 0 Å². The molecule has 0 aliphatic heterocycles. The van der Waals surface area contributed by atoms with Gasteiger partial charge < -0.3 is 5.32 Å². The fraction of sp³-hybridized carbons (Fsp3) is 0.333. The number of nitrogens with one attached hydrogen (secondary N) is 1. The van der Waals surface area contributed by atoms with Crippen molar-refractivity contribution >= 4 is 21.7 Å². The Hall–Kier alpha value is -1.56. The smallest absolute Gasteiger partial charge is 0.162 e. The van der Waals surface area contributed by atoms with Gasteiger partial charge in [0.1, 0.15) is 17.5 Å². The Kier molecular flexibility index (Phi) is 3.89. The van der Waals surface area contributed by atoms with E-state index in [1.54, 1.807) is 0 Å². The maximum Gasteiger partial charge on any atom is 0.162 e. The fourth-order valence-corrected chi connectivity index (χ4v) is 2.83. The minimum atomic E-state index is -0.630. The van der Waals surface area contributed by atoms with Crippen molar-refractivity contribution in [2.45, 2.75) is 25.7 Å². The zero-order valence-corrected chi connectivity index (χ0v) is 13.0. The lowest BCUT2D eigenvalue weighted by Crippen LogP contribution is -2.06. The number of halogens is 3. The van der Waals surface area contributed by atoms with E-state index >= 15 is 0 Å². The first-order chi connectivity index (χ1) is 10.1. The second-order valence-electron chi connectivity index (χ2n) is 5.06. The summed E-state index contributed by atoms with van der Waals surface area (Å²) in [6.45, 7) is 2.67. The Morgan fingerprint density at radius 2 is 1.86 bits per heavy atom. The molecule has 1 fully saturated rings. The van der Waals surface area contributed by atoms with Crippen LogP contribution in [0.1, 0.15) is 31.4 Å². The first-order valence-electron chi connectivity index (χ1n) is 6.86. The van der Waals surface area contributed by atoms with Crippen molar-refractivity contribution in [3.05, 3.63) is 40.0 Å². The van der Waals surface area contributed by atoms with Gasteiger partial charge in [0, 0.05) is 24.1 Å². The highest BCUT2D eigenvalue weighted by Gasteiger charge is 2.29. The minimum Gasteiger partial charge on any atom is -0.369 e. The molecule has 1 heterocycles. The van der Waals surface area contributed by atoms with Crippen LogP contribution >= 0.6 is 15.9 Å². The molecular formula is C15H14BrF2N3. The average molecular weight is 354 g/mol. The van der Waals surface area contributed by atoms with Crippen LogP contribution in [0.15, 0.2) is 22.7 Å². The van der Waals surface area contributed by atoms with Crippen LogP contribution in [0.4, 0.5) is 14.6 Å². The largest absolute Gasteiger partial charge is 0.369 e. The lowest BCUT2D eigenvalue weighted by molar-refractivity contribution is 0.584. The van der Waals surface area contributed by atoms with Crippen molar-refractivity contribution in [1.29, 1.82) is 0 Å². The monoisotopic (exact) mass is 353 g/mol. The summed E-state index contributed by atoms with van der Waals surface area (Å²) in [5, 5.41) is 3.15. The molecule has 3 rings (SSSR count). The second-order valence-corrected chi connectivity index (χ2v) is 5.85. The van der Waals surface area contributed by atoms with Crippen LogP contribution in [0.5, 0.6) is 0 Å². The van der Waals surface area contributed by atoms with Gasteiger partial charge in [0.15, 0.2) is 5.82 Å². The minimum absolute atomic E-state index is 0.342. The molecule has 0 atom stereocenters. The van der Waals surface area contributed by atoms with Crippen LogP contribution in [0, 0.1) is 11.6 Å². The molecule has 0 unspecified atom stereocenters. The number of hydrogen-bond acceptors (Lipinski definition) is 3. The van der Waals surface area contributed by atoms with Crippen molar-refractivity contribution in [1.82, 2.24) is 9.97 Å². The first-order valence-corrected chi connectivity index (χ1v) is 7.65. The summed E-state index contributed by atoms with van der Waals surface area (Å²) >= 11 is 3.52. The predicted octanol–water partition coefficient (Wildman–Crippen LogP) is 4.49. The van der Waals surface area contributed by atoms with Crippen molar-refractivity contribution in [2.75, 3.05) is 11.9 Å². The van der Waals surface area contributed by atoms with Crippen LogP contribution in [0.25, 0.3) is 11.4 Å². The van der Waals surface area contributed by atoms with E-state index in [2.05, 4.69) is 31.2 Å². The van der Waals surface area contributed by atoms with E-state index in [9.17, 15) is 8.78 Å². The van der Waals surface area contributed by atoms with Crippen molar-refractivity contribution in [3.63, 3.8) is 0 Å². The summed E-state index contributed by atoms with van der Waals surface area (Å²) < 4.78 is 27.6. The van der Waals surface area contributed by atoms with Gasteiger partial charge in [0.25, 0.3) is 0 Å². The van der Waals surface area contributed by atoms with Gasteiger partial charge in [-0.05, 0) is 47.8 Å². The fourth-order valence-electron chi connectivity index (χ4n) is 2.19. The summed E-state index contributed by atoms with van der Waals surface area (Å²) in [6, 6.07) is 3.34. The van der Waals surface area contributed by atoms with Gasteiger partial charge in [0.2, 0.25) is 0 Å². The molecule has 1 aliphatic carbocycles. The van der Waals surface area contributed by atoms with E-state index < -0.39 is 11.6 Å². The molecule has 1 aromatic heterocycles. The zero-order chi connectivity index (χ0) is 15.0. The van der Waals surface area contributed by atoms with E-state index in [4.69, 9.17) is 0 Å². The summed E-state index contributed by atoms with van der Waals surface area (Å²) in [5.41, 5.74) is 1.25. The van der Waals surface area contributed by atoms with Crippen molar-refractivity contribution in [2.24, 2.45) is 0 Å². The molecule has 0 saturated heterocycles. The van der Waals surface area contributed by atoms with Crippen LogP contribution in [0.3, 0.4) is 0 Å². The maximum absolute atomic E-state index is 13.4. The van der Waals surface area contributed by atoms with Gasteiger partial charge in [-0.25, -0.2) is 18.7 Å². The third-order valence-corrected chi connectivity index (χ3v) is 4.09. The Morgan fingerprint density at radius 1 is 1.19 bits per heavy atom. The van der Waals surface area contributed by atoms with Gasteiger partial charge in [-0.3, -0.25) is 0 Å². The molecule has 2 aromatic rings. The topological polar surface area (TPSA) is 37.8 Å². The summed E-state index contributed by atoms with van der Waals surface area (Å²) in [5.74, 6) is 0.143. The summed E-state index contributed by atoms with van der Waals surface area (Å²) in [6.07, 6.45) is 2.16. The molecule has 1 aliphatic rings. The van der Waals surface area contributed by atoms with Gasteiger partial charge >= 0.3 is 0 Å². The zero-order valence-electron chi connectivity index (χ0n) is 11.5. The van der Waals surface area contributed by atoms with E-state index in [1.165, 1.54) is 12.1 Å². The third kappa shape index (κ3) is 3.05. The summed E-state index contributed by atoms with van der Waals surface area (Å²) in [7, 11) is 0. The molecule has 3 nitrogen and oxygen atoms in total. The van der Waals surface area contributed by atoms with E-state index in [0.717, 1.165) is 29.1 Å². The van der Waals surface area contributed by atoms with E-state index in [-0.39, 0.29) is 0 Å². The first kappa shape index (κ1) is 14.4. The Morgan fingerprint density at radius 3 is 2.43 bits per heavy atom. The molecule has 0 amide bonds. The highest BCUT2D eigenvalue weighted by atomic mass is 79.9. The lowest BCUT2D eigenvalue weighted by Gasteiger charge is -2.12. The molecule has 6 heteroatoms. The molecule has 1 saturated carbocycles. The standard InChI is InChI=1S/C15H14BrF2N3/c1-2-19-15-12(16)13(8-3-4-8)20-14(21-15)9-5-10(17)7-11(18)6-9/h5-8H,2-4H2,1H3,(H,19,20,21). The Balaban J connectivity index is 2.12. The molecule has 0 radical (unpaired) electrons. The molecular weight excluding hydrogens is 340 g/mol. The SMILES string of the molecule is CCNc1nc(-c2cc(F)cc(F)c2)nc(C2CC2)c1Br. The summed E-state index contributed by atoms with van der Waals surface area (Å²) in [4.78, 5) is 8.88. The van der Waals surface area contributed by atoms with Crippen LogP contribution < -0.4 is 5.32 Å². The normalized spacial score (nSPS) is 14.3. The average Bonchev–Trinajstić information content (AvgIpc) is 3.24. The number of nitrogens with zero attached hydrogens (tertiary/aromatic N) is 2.